The number of halogens is 1. The SMILES string of the molecule is CCc1cnc(CNC(=NC)NCc2ccc(F)cc2CSC)s1. The summed E-state index contributed by atoms with van der Waals surface area (Å²) >= 11 is 3.39. The molecule has 0 unspecified atom stereocenters. The lowest BCUT2D eigenvalue weighted by molar-refractivity contribution is 0.625. The van der Waals surface area contributed by atoms with Crippen LogP contribution in [0.1, 0.15) is 27.9 Å². The topological polar surface area (TPSA) is 49.3 Å². The van der Waals surface area contributed by atoms with Gasteiger partial charge in [-0.15, -0.1) is 11.3 Å². The van der Waals surface area contributed by atoms with Gasteiger partial charge in [0.25, 0.3) is 0 Å². The highest BCUT2D eigenvalue weighted by molar-refractivity contribution is 7.97. The lowest BCUT2D eigenvalue weighted by atomic mass is 10.1. The van der Waals surface area contributed by atoms with Gasteiger partial charge in [0.2, 0.25) is 0 Å². The number of thiazole rings is 1. The lowest BCUT2D eigenvalue weighted by Gasteiger charge is -2.13. The molecule has 7 heteroatoms. The second-order valence-corrected chi connectivity index (χ2v) is 7.27. The molecule has 2 aromatic rings. The van der Waals surface area contributed by atoms with Crippen LogP contribution in [0.25, 0.3) is 0 Å². The van der Waals surface area contributed by atoms with Crippen LogP contribution >= 0.6 is 23.1 Å². The summed E-state index contributed by atoms with van der Waals surface area (Å²) in [5.74, 6) is 1.31. The molecule has 4 nitrogen and oxygen atoms in total. The number of guanidine groups is 1. The number of hydrogen-bond donors (Lipinski definition) is 2. The van der Waals surface area contributed by atoms with Crippen molar-refractivity contribution in [3.63, 3.8) is 0 Å². The maximum atomic E-state index is 13.4. The molecular weight excluding hydrogens is 343 g/mol. The van der Waals surface area contributed by atoms with Crippen molar-refractivity contribution in [2.75, 3.05) is 13.3 Å². The van der Waals surface area contributed by atoms with Crippen LogP contribution < -0.4 is 10.6 Å². The van der Waals surface area contributed by atoms with E-state index in [-0.39, 0.29) is 5.82 Å². The third-order valence-electron chi connectivity index (χ3n) is 3.50. The molecular formula is C17H23FN4S2. The second-order valence-electron chi connectivity index (χ2n) is 5.20. The standard InChI is InChI=1S/C17H23FN4S2/c1-4-15-9-20-16(24-15)10-22-17(19-2)21-8-12-5-6-14(18)7-13(12)11-23-3/h5-7,9H,4,8,10-11H2,1-3H3,(H2,19,21,22). The van der Waals surface area contributed by atoms with Gasteiger partial charge in [-0.1, -0.05) is 13.0 Å². The summed E-state index contributed by atoms with van der Waals surface area (Å²) in [6, 6.07) is 4.93. The van der Waals surface area contributed by atoms with Crippen molar-refractivity contribution in [1.82, 2.24) is 15.6 Å². The Morgan fingerprint density at radius 3 is 2.75 bits per heavy atom. The Labute approximate surface area is 151 Å². The van der Waals surface area contributed by atoms with E-state index in [2.05, 4.69) is 27.5 Å². The molecule has 0 aliphatic rings. The van der Waals surface area contributed by atoms with Crippen LogP contribution in [0.4, 0.5) is 4.39 Å². The highest BCUT2D eigenvalue weighted by Gasteiger charge is 2.06. The Hall–Kier alpha value is -1.60. The molecule has 1 aromatic carbocycles. The summed E-state index contributed by atoms with van der Waals surface area (Å²) in [5.41, 5.74) is 2.09. The predicted molar refractivity (Wildman–Crippen MR) is 102 cm³/mol. The fourth-order valence-electron chi connectivity index (χ4n) is 2.21. The summed E-state index contributed by atoms with van der Waals surface area (Å²) in [4.78, 5) is 9.90. The van der Waals surface area contributed by atoms with Crippen molar-refractivity contribution < 1.29 is 4.39 Å². The molecule has 0 fully saturated rings. The van der Waals surface area contributed by atoms with Gasteiger partial charge >= 0.3 is 0 Å². The monoisotopic (exact) mass is 366 g/mol. The molecule has 2 N–H and O–H groups in total. The molecule has 0 aliphatic carbocycles. The number of aliphatic imine (C=N–C) groups is 1. The van der Waals surface area contributed by atoms with Gasteiger partial charge in [0, 0.05) is 30.4 Å². The summed E-state index contributed by atoms with van der Waals surface area (Å²) in [5, 5.41) is 7.58. The van der Waals surface area contributed by atoms with E-state index in [1.165, 1.54) is 10.9 Å². The van der Waals surface area contributed by atoms with Gasteiger partial charge in [0.1, 0.15) is 10.8 Å². The normalized spacial score (nSPS) is 11.6. The van der Waals surface area contributed by atoms with Gasteiger partial charge in [-0.2, -0.15) is 11.8 Å². The first kappa shape index (κ1) is 18.7. The van der Waals surface area contributed by atoms with Gasteiger partial charge in [-0.3, -0.25) is 4.99 Å². The van der Waals surface area contributed by atoms with Crippen molar-refractivity contribution in [2.24, 2.45) is 4.99 Å². The molecule has 2 rings (SSSR count). The van der Waals surface area contributed by atoms with Crippen molar-refractivity contribution in [3.05, 3.63) is 51.2 Å². The Morgan fingerprint density at radius 2 is 2.08 bits per heavy atom. The minimum atomic E-state index is -0.194. The summed E-state index contributed by atoms with van der Waals surface area (Å²) < 4.78 is 13.4. The van der Waals surface area contributed by atoms with E-state index in [1.54, 1.807) is 36.2 Å². The van der Waals surface area contributed by atoms with Crippen LogP contribution in [0.5, 0.6) is 0 Å². The van der Waals surface area contributed by atoms with Crippen LogP contribution in [0.2, 0.25) is 0 Å². The van der Waals surface area contributed by atoms with Crippen LogP contribution in [0.15, 0.2) is 29.4 Å². The van der Waals surface area contributed by atoms with E-state index < -0.39 is 0 Å². The maximum Gasteiger partial charge on any atom is 0.191 e. The van der Waals surface area contributed by atoms with E-state index in [0.29, 0.717) is 19.0 Å². The van der Waals surface area contributed by atoms with E-state index in [4.69, 9.17) is 0 Å². The van der Waals surface area contributed by atoms with Crippen molar-refractivity contribution in [2.45, 2.75) is 32.2 Å². The smallest absolute Gasteiger partial charge is 0.191 e. The van der Waals surface area contributed by atoms with E-state index in [9.17, 15) is 4.39 Å². The van der Waals surface area contributed by atoms with E-state index in [0.717, 1.165) is 28.3 Å². The maximum absolute atomic E-state index is 13.4. The average Bonchev–Trinajstić information content (AvgIpc) is 3.05. The fourth-order valence-corrected chi connectivity index (χ4v) is 3.59. The molecule has 1 heterocycles. The number of nitrogens with one attached hydrogen (secondary N) is 2. The van der Waals surface area contributed by atoms with Gasteiger partial charge in [0.15, 0.2) is 5.96 Å². The quantitative estimate of drug-likeness (QED) is 0.581. The number of benzene rings is 1. The van der Waals surface area contributed by atoms with Crippen molar-refractivity contribution >= 4 is 29.1 Å². The molecule has 1 aromatic heterocycles. The predicted octanol–water partition coefficient (Wildman–Crippen LogP) is 3.57. The van der Waals surface area contributed by atoms with Gasteiger partial charge < -0.3 is 10.6 Å². The molecule has 24 heavy (non-hydrogen) atoms. The molecule has 0 aliphatic heterocycles. The van der Waals surface area contributed by atoms with E-state index in [1.807, 2.05) is 18.5 Å². The Morgan fingerprint density at radius 1 is 1.29 bits per heavy atom. The number of thioether (sulfide) groups is 1. The van der Waals surface area contributed by atoms with E-state index >= 15 is 0 Å². The minimum Gasteiger partial charge on any atom is -0.352 e. The Kier molecular flexibility index (Phi) is 7.52. The molecule has 0 amide bonds. The third-order valence-corrected chi connectivity index (χ3v) is 5.24. The summed E-state index contributed by atoms with van der Waals surface area (Å²) in [6.07, 6.45) is 4.94. The zero-order valence-electron chi connectivity index (χ0n) is 14.2. The zero-order chi connectivity index (χ0) is 17.4. The highest BCUT2D eigenvalue weighted by atomic mass is 32.2. The number of hydrogen-bond acceptors (Lipinski definition) is 4. The molecule has 130 valence electrons. The summed E-state index contributed by atoms with van der Waals surface area (Å²) in [6.45, 7) is 3.37. The van der Waals surface area contributed by atoms with Crippen LogP contribution in [0, 0.1) is 5.82 Å². The summed E-state index contributed by atoms with van der Waals surface area (Å²) in [7, 11) is 1.74. The molecule has 0 atom stereocenters. The first-order valence-electron chi connectivity index (χ1n) is 7.80. The lowest BCUT2D eigenvalue weighted by Crippen LogP contribution is -2.36. The van der Waals surface area contributed by atoms with Gasteiger partial charge in [0.05, 0.1) is 6.54 Å². The number of rotatable bonds is 7. The number of aromatic nitrogens is 1. The largest absolute Gasteiger partial charge is 0.352 e. The molecule has 0 radical (unpaired) electrons. The molecule has 0 saturated heterocycles. The van der Waals surface area contributed by atoms with Gasteiger partial charge in [-0.05, 0) is 35.9 Å². The number of aryl methyl sites for hydroxylation is 1. The Balaban J connectivity index is 1.91. The fraction of sp³-hybridized carbons (Fsp3) is 0.412. The Bertz CT molecular complexity index is 685. The second kappa shape index (κ2) is 9.64. The number of nitrogens with zero attached hydrogens (tertiary/aromatic N) is 2. The first-order chi connectivity index (χ1) is 11.7. The van der Waals surface area contributed by atoms with Crippen LogP contribution in [0.3, 0.4) is 0 Å². The zero-order valence-corrected chi connectivity index (χ0v) is 15.9. The first-order valence-corrected chi connectivity index (χ1v) is 10.0. The molecule has 0 spiro atoms. The van der Waals surface area contributed by atoms with Crippen molar-refractivity contribution in [3.8, 4) is 0 Å². The molecule has 0 bridgehead atoms. The highest BCUT2D eigenvalue weighted by Crippen LogP contribution is 2.17. The van der Waals surface area contributed by atoms with Gasteiger partial charge in [-0.25, -0.2) is 9.37 Å². The van der Waals surface area contributed by atoms with Crippen LogP contribution in [-0.2, 0) is 25.3 Å². The van der Waals surface area contributed by atoms with Crippen molar-refractivity contribution in [1.29, 1.82) is 0 Å². The molecule has 0 saturated carbocycles. The third kappa shape index (κ3) is 5.49. The van der Waals surface area contributed by atoms with Crippen LogP contribution in [-0.4, -0.2) is 24.2 Å². The average molecular weight is 367 g/mol. The minimum absolute atomic E-state index is 0.194.